The third-order valence-electron chi connectivity index (χ3n) is 6.07. The minimum atomic E-state index is -4.84. The summed E-state index contributed by atoms with van der Waals surface area (Å²) in [4.78, 5) is 11.3. The zero-order valence-corrected chi connectivity index (χ0v) is 20.0. The van der Waals surface area contributed by atoms with Gasteiger partial charge in [0.2, 0.25) is 5.95 Å². The predicted octanol–water partition coefficient (Wildman–Crippen LogP) is 7.65. The number of rotatable bonds is 6. The van der Waals surface area contributed by atoms with E-state index in [1.807, 2.05) is 0 Å². The Kier molecular flexibility index (Phi) is 6.52. The number of pyridine rings is 1. The topological polar surface area (TPSA) is 53.6 Å². The molecule has 0 saturated carbocycles. The molecule has 194 valence electrons. The highest BCUT2D eigenvalue weighted by molar-refractivity contribution is 6.30. The third kappa shape index (κ3) is 4.91. The van der Waals surface area contributed by atoms with Crippen molar-refractivity contribution in [2.45, 2.75) is 18.1 Å². The molecule has 3 aromatic carbocycles. The van der Waals surface area contributed by atoms with Gasteiger partial charge in [0.05, 0.1) is 21.8 Å². The first-order valence-electron chi connectivity index (χ1n) is 11.2. The average Bonchev–Trinajstić information content (AvgIpc) is 3.29. The van der Waals surface area contributed by atoms with Crippen LogP contribution in [0.5, 0.6) is 0 Å². The average molecular weight is 547 g/mol. The first-order valence-corrected chi connectivity index (χ1v) is 11.6. The number of aromatic amines is 1. The molecule has 0 radical (unpaired) electrons. The molecule has 1 atom stereocenters. The van der Waals surface area contributed by atoms with E-state index < -0.39 is 34.7 Å². The van der Waals surface area contributed by atoms with Crippen LogP contribution >= 0.6 is 11.6 Å². The fraction of sp³-hybridized carbons (Fsp3) is 0.111. The summed E-state index contributed by atoms with van der Waals surface area (Å²) in [5.74, 6) is -3.55. The lowest BCUT2D eigenvalue weighted by atomic mass is 9.80. The van der Waals surface area contributed by atoms with Gasteiger partial charge in [0.1, 0.15) is 16.9 Å². The van der Waals surface area contributed by atoms with Crippen LogP contribution in [0.1, 0.15) is 22.4 Å². The van der Waals surface area contributed by atoms with Crippen molar-refractivity contribution in [2.75, 3.05) is 5.32 Å². The fourth-order valence-electron chi connectivity index (χ4n) is 4.33. The van der Waals surface area contributed by atoms with E-state index in [9.17, 15) is 26.3 Å². The molecule has 5 aromatic rings. The van der Waals surface area contributed by atoms with Gasteiger partial charge in [0.15, 0.2) is 11.6 Å². The van der Waals surface area contributed by atoms with Gasteiger partial charge in [-0.3, -0.25) is 4.98 Å². The molecule has 11 heteroatoms. The molecule has 0 saturated heterocycles. The molecule has 5 rings (SSSR count). The maximum Gasteiger partial charge on any atom is 0.416 e. The highest BCUT2D eigenvalue weighted by atomic mass is 35.5. The Bertz CT molecular complexity index is 1600. The number of fused-ring (bicyclic) bond motifs is 1. The Hall–Kier alpha value is -4.05. The molecule has 0 spiro atoms. The third-order valence-corrected chi connectivity index (χ3v) is 6.30. The zero-order valence-electron chi connectivity index (χ0n) is 19.3. The number of imidazole rings is 1. The number of H-pyrrole nitrogens is 1. The molecule has 2 aromatic heterocycles. The molecular formula is C27H17ClF6N4. The second-order valence-corrected chi connectivity index (χ2v) is 9.06. The van der Waals surface area contributed by atoms with Crippen molar-refractivity contribution in [3.63, 3.8) is 0 Å². The molecule has 0 aliphatic heterocycles. The Balaban J connectivity index is 1.79. The van der Waals surface area contributed by atoms with E-state index in [0.717, 1.165) is 18.2 Å². The summed E-state index contributed by atoms with van der Waals surface area (Å²) in [6.45, 7) is 0. The number of hydrogen-bond acceptors (Lipinski definition) is 3. The van der Waals surface area contributed by atoms with E-state index in [4.69, 9.17) is 11.6 Å². The van der Waals surface area contributed by atoms with Crippen molar-refractivity contribution in [3.8, 4) is 0 Å². The molecule has 0 aliphatic carbocycles. The SMILES string of the molecule is Fc1cc(C(F)(F)F)cc(C(Cc2ccccc2)(Nc2nc3c(F)c(F)ccc3[nH]2)c2ccc(Cl)cn2)c1. The molecule has 2 heterocycles. The van der Waals surface area contributed by atoms with Crippen LogP contribution in [0.4, 0.5) is 32.3 Å². The van der Waals surface area contributed by atoms with Crippen LogP contribution in [0.2, 0.25) is 5.02 Å². The maximum absolute atomic E-state index is 14.7. The number of halogens is 7. The summed E-state index contributed by atoms with van der Waals surface area (Å²) >= 11 is 6.04. The van der Waals surface area contributed by atoms with Crippen molar-refractivity contribution >= 4 is 28.6 Å². The predicted molar refractivity (Wildman–Crippen MR) is 131 cm³/mol. The number of aromatic nitrogens is 3. The zero-order chi connectivity index (χ0) is 27.1. The Morgan fingerprint density at radius 3 is 2.29 bits per heavy atom. The summed E-state index contributed by atoms with van der Waals surface area (Å²) in [5, 5.41) is 3.30. The van der Waals surface area contributed by atoms with Gasteiger partial charge < -0.3 is 10.3 Å². The molecule has 0 amide bonds. The monoisotopic (exact) mass is 546 g/mol. The number of benzene rings is 3. The smallest absolute Gasteiger partial charge is 0.340 e. The summed E-state index contributed by atoms with van der Waals surface area (Å²) in [7, 11) is 0. The van der Waals surface area contributed by atoms with E-state index in [1.54, 1.807) is 30.3 Å². The van der Waals surface area contributed by atoms with Crippen molar-refractivity contribution in [1.82, 2.24) is 15.0 Å². The highest BCUT2D eigenvalue weighted by Gasteiger charge is 2.40. The molecule has 4 nitrogen and oxygen atoms in total. The Morgan fingerprint density at radius 2 is 1.61 bits per heavy atom. The van der Waals surface area contributed by atoms with E-state index in [2.05, 4.69) is 20.3 Å². The van der Waals surface area contributed by atoms with Gasteiger partial charge in [-0.15, -0.1) is 0 Å². The van der Waals surface area contributed by atoms with E-state index >= 15 is 0 Å². The van der Waals surface area contributed by atoms with Crippen LogP contribution in [0.25, 0.3) is 11.0 Å². The summed E-state index contributed by atoms with van der Waals surface area (Å²) < 4.78 is 84.2. The minimum absolute atomic E-state index is 0.0306. The van der Waals surface area contributed by atoms with Crippen LogP contribution in [0.15, 0.2) is 79.0 Å². The van der Waals surface area contributed by atoms with Crippen LogP contribution in [-0.2, 0) is 18.1 Å². The normalized spacial score (nSPS) is 13.4. The molecule has 0 fully saturated rings. The Morgan fingerprint density at radius 1 is 0.868 bits per heavy atom. The number of nitrogens with one attached hydrogen (secondary N) is 2. The molecule has 2 N–H and O–H groups in total. The fourth-order valence-corrected chi connectivity index (χ4v) is 4.44. The summed E-state index contributed by atoms with van der Waals surface area (Å²) in [6, 6.07) is 16.1. The molecular weight excluding hydrogens is 530 g/mol. The molecule has 0 bridgehead atoms. The summed E-state index contributed by atoms with van der Waals surface area (Å²) in [5.41, 5.74) is -2.36. The van der Waals surface area contributed by atoms with Crippen molar-refractivity contribution < 1.29 is 26.3 Å². The molecule has 1 unspecified atom stereocenters. The van der Waals surface area contributed by atoms with Gasteiger partial charge in [-0.1, -0.05) is 41.9 Å². The van der Waals surface area contributed by atoms with Crippen LogP contribution in [-0.4, -0.2) is 15.0 Å². The van der Waals surface area contributed by atoms with Gasteiger partial charge in [-0.2, -0.15) is 13.2 Å². The highest BCUT2D eigenvalue weighted by Crippen LogP contribution is 2.40. The second kappa shape index (κ2) is 9.68. The van der Waals surface area contributed by atoms with Crippen LogP contribution in [0.3, 0.4) is 0 Å². The van der Waals surface area contributed by atoms with Crippen molar-refractivity contribution in [2.24, 2.45) is 0 Å². The molecule has 38 heavy (non-hydrogen) atoms. The van der Waals surface area contributed by atoms with E-state index in [-0.39, 0.29) is 39.7 Å². The number of alkyl halides is 3. The van der Waals surface area contributed by atoms with Gasteiger partial charge in [-0.05, 0) is 53.6 Å². The first kappa shape index (κ1) is 25.6. The lowest BCUT2D eigenvalue weighted by Crippen LogP contribution is -2.40. The first-order chi connectivity index (χ1) is 18.0. The van der Waals surface area contributed by atoms with E-state index in [0.29, 0.717) is 11.6 Å². The standard InChI is InChI=1S/C27H17ClF6N4/c28-18-6-9-22(35-14-18)26(13-15-4-2-1-3-5-15,16-10-17(27(32,33)34)12-19(29)11-16)38-25-36-21-8-7-20(30)23(31)24(21)37-25/h1-12,14H,13H2,(H2,36,37,38). The van der Waals surface area contributed by atoms with Gasteiger partial charge in [0.25, 0.3) is 0 Å². The van der Waals surface area contributed by atoms with Crippen molar-refractivity contribution in [1.29, 1.82) is 0 Å². The van der Waals surface area contributed by atoms with Gasteiger partial charge >= 0.3 is 6.18 Å². The van der Waals surface area contributed by atoms with Gasteiger partial charge in [-0.25, -0.2) is 18.2 Å². The maximum atomic E-state index is 14.7. The lowest BCUT2D eigenvalue weighted by Gasteiger charge is -2.35. The van der Waals surface area contributed by atoms with Crippen LogP contribution in [0, 0.1) is 17.5 Å². The van der Waals surface area contributed by atoms with Crippen LogP contribution < -0.4 is 5.32 Å². The number of nitrogens with zero attached hydrogens (tertiary/aromatic N) is 2. The van der Waals surface area contributed by atoms with Crippen molar-refractivity contribution in [3.05, 3.63) is 124 Å². The lowest BCUT2D eigenvalue weighted by molar-refractivity contribution is -0.137. The van der Waals surface area contributed by atoms with Gasteiger partial charge in [0, 0.05) is 12.6 Å². The number of anilines is 1. The largest absolute Gasteiger partial charge is 0.416 e. The Labute approximate surface area is 217 Å². The number of hydrogen-bond donors (Lipinski definition) is 2. The van der Waals surface area contributed by atoms with E-state index in [1.165, 1.54) is 24.4 Å². The second-order valence-electron chi connectivity index (χ2n) is 8.62. The quantitative estimate of drug-likeness (QED) is 0.215. The molecule has 0 aliphatic rings. The summed E-state index contributed by atoms with van der Waals surface area (Å²) in [6.07, 6.45) is -3.57. The minimum Gasteiger partial charge on any atom is -0.340 e.